The van der Waals surface area contributed by atoms with Gasteiger partial charge in [0.25, 0.3) is 5.91 Å². The zero-order valence-corrected chi connectivity index (χ0v) is 11.7. The molecule has 0 bridgehead atoms. The van der Waals surface area contributed by atoms with Gasteiger partial charge in [0.05, 0.1) is 5.69 Å². The van der Waals surface area contributed by atoms with Gasteiger partial charge in [-0.15, -0.1) is 0 Å². The van der Waals surface area contributed by atoms with Crippen molar-refractivity contribution in [3.05, 3.63) is 58.7 Å². The Bertz CT molecular complexity index is 735. The average Bonchev–Trinajstić information content (AvgIpc) is 2.49. The molecule has 1 aromatic heterocycles. The van der Waals surface area contributed by atoms with Gasteiger partial charge >= 0.3 is 0 Å². The minimum absolute atomic E-state index is 0.0198. The predicted octanol–water partition coefficient (Wildman–Crippen LogP) is 1.41. The zero-order valence-electron chi connectivity index (χ0n) is 11.7. The summed E-state index contributed by atoms with van der Waals surface area (Å²) in [7, 11) is 0. The number of nitrogens with two attached hydrogens (primary N) is 1. The number of benzene rings is 1. The van der Waals surface area contributed by atoms with E-state index in [9.17, 15) is 13.6 Å². The van der Waals surface area contributed by atoms with Crippen molar-refractivity contribution in [1.29, 1.82) is 0 Å². The van der Waals surface area contributed by atoms with Gasteiger partial charge < -0.3 is 5.73 Å². The summed E-state index contributed by atoms with van der Waals surface area (Å²) in [4.78, 5) is 21.2. The van der Waals surface area contributed by atoms with Crippen LogP contribution >= 0.6 is 0 Å². The number of aromatic nitrogens is 2. The molecule has 1 aromatic carbocycles. The standard InChI is InChI=1S/C15H14F2N4O/c16-11-2-1-10(12(17)5-11)7-21-4-3-9-6-19-15(14(18)22)20-13(9)8-21/h1-2,5-6H,3-4,7-8H2,(H2,18,22). The fourth-order valence-corrected chi connectivity index (χ4v) is 2.50. The topological polar surface area (TPSA) is 72.1 Å². The average molecular weight is 304 g/mol. The van der Waals surface area contributed by atoms with Crippen LogP contribution in [-0.2, 0) is 19.5 Å². The lowest BCUT2D eigenvalue weighted by atomic mass is 10.1. The molecule has 0 atom stereocenters. The summed E-state index contributed by atoms with van der Waals surface area (Å²) in [5.41, 5.74) is 7.28. The Morgan fingerprint density at radius 1 is 1.36 bits per heavy atom. The van der Waals surface area contributed by atoms with Crippen molar-refractivity contribution in [3.8, 4) is 0 Å². The van der Waals surface area contributed by atoms with Crippen molar-refractivity contribution in [2.75, 3.05) is 6.54 Å². The van der Waals surface area contributed by atoms with Crippen LogP contribution in [0.4, 0.5) is 8.78 Å². The molecule has 0 fully saturated rings. The Morgan fingerprint density at radius 2 is 2.18 bits per heavy atom. The second-order valence-electron chi connectivity index (χ2n) is 5.23. The van der Waals surface area contributed by atoms with E-state index in [-0.39, 0.29) is 5.82 Å². The van der Waals surface area contributed by atoms with Gasteiger partial charge in [-0.3, -0.25) is 9.69 Å². The number of amides is 1. The molecule has 2 aromatic rings. The summed E-state index contributed by atoms with van der Waals surface area (Å²) in [6, 6.07) is 3.55. The number of primary amides is 1. The Balaban J connectivity index is 1.78. The van der Waals surface area contributed by atoms with Gasteiger partial charge in [0, 0.05) is 37.5 Å². The lowest BCUT2D eigenvalue weighted by molar-refractivity contribution is 0.0989. The number of hydrogen-bond donors (Lipinski definition) is 1. The molecule has 0 unspecified atom stereocenters. The molecule has 7 heteroatoms. The molecular weight excluding hydrogens is 290 g/mol. The first-order valence-corrected chi connectivity index (χ1v) is 6.84. The Labute approximate surface area is 125 Å². The second kappa shape index (κ2) is 5.76. The van der Waals surface area contributed by atoms with Crippen LogP contribution in [0.3, 0.4) is 0 Å². The third kappa shape index (κ3) is 2.94. The SMILES string of the molecule is NC(=O)c1ncc2c(n1)CN(Cc1ccc(F)cc1F)CC2. The van der Waals surface area contributed by atoms with E-state index in [0.29, 0.717) is 31.6 Å². The molecule has 0 aliphatic carbocycles. The smallest absolute Gasteiger partial charge is 0.286 e. The van der Waals surface area contributed by atoms with Gasteiger partial charge in [0.2, 0.25) is 5.82 Å². The minimum Gasteiger partial charge on any atom is -0.363 e. The molecular formula is C15H14F2N4O. The maximum Gasteiger partial charge on any atom is 0.286 e. The Hall–Kier alpha value is -2.41. The monoisotopic (exact) mass is 304 g/mol. The highest BCUT2D eigenvalue weighted by Gasteiger charge is 2.20. The van der Waals surface area contributed by atoms with Gasteiger partial charge in [-0.25, -0.2) is 18.7 Å². The number of carbonyl (C=O) groups excluding carboxylic acids is 1. The molecule has 5 nitrogen and oxygen atoms in total. The number of hydrogen-bond acceptors (Lipinski definition) is 4. The fourth-order valence-electron chi connectivity index (χ4n) is 2.50. The molecule has 2 N–H and O–H groups in total. The minimum atomic E-state index is -0.676. The quantitative estimate of drug-likeness (QED) is 0.930. The normalized spacial score (nSPS) is 14.6. The first-order chi connectivity index (χ1) is 10.5. The molecule has 1 aliphatic rings. The molecule has 0 radical (unpaired) electrons. The largest absolute Gasteiger partial charge is 0.363 e. The van der Waals surface area contributed by atoms with Crippen LogP contribution in [0, 0.1) is 11.6 Å². The molecule has 3 rings (SSSR count). The lowest BCUT2D eigenvalue weighted by Gasteiger charge is -2.27. The number of carbonyl (C=O) groups is 1. The molecule has 0 spiro atoms. The van der Waals surface area contributed by atoms with Crippen molar-refractivity contribution in [2.24, 2.45) is 5.73 Å². The van der Waals surface area contributed by atoms with E-state index in [4.69, 9.17) is 5.73 Å². The summed E-state index contributed by atoms with van der Waals surface area (Å²) in [5, 5.41) is 0. The molecule has 22 heavy (non-hydrogen) atoms. The van der Waals surface area contributed by atoms with Gasteiger partial charge in [0.1, 0.15) is 11.6 Å². The molecule has 1 amide bonds. The first kappa shape index (κ1) is 14.5. The van der Waals surface area contributed by atoms with Crippen molar-refractivity contribution in [3.63, 3.8) is 0 Å². The van der Waals surface area contributed by atoms with E-state index in [1.165, 1.54) is 12.1 Å². The van der Waals surface area contributed by atoms with Crippen molar-refractivity contribution in [2.45, 2.75) is 19.5 Å². The number of fused-ring (bicyclic) bond motifs is 1. The predicted molar refractivity (Wildman–Crippen MR) is 74.7 cm³/mol. The van der Waals surface area contributed by atoms with Crippen LogP contribution in [0.1, 0.15) is 27.4 Å². The molecule has 0 saturated carbocycles. The highest BCUT2D eigenvalue weighted by molar-refractivity contribution is 5.88. The summed E-state index contributed by atoms with van der Waals surface area (Å²) < 4.78 is 26.6. The zero-order chi connectivity index (χ0) is 15.7. The maximum atomic E-state index is 13.7. The maximum absolute atomic E-state index is 13.7. The van der Waals surface area contributed by atoms with Crippen LogP contribution in [0.25, 0.3) is 0 Å². The van der Waals surface area contributed by atoms with E-state index in [2.05, 4.69) is 9.97 Å². The van der Waals surface area contributed by atoms with Gasteiger partial charge in [-0.05, 0) is 18.1 Å². The number of halogens is 2. The van der Waals surface area contributed by atoms with Crippen LogP contribution < -0.4 is 5.73 Å². The van der Waals surface area contributed by atoms with Gasteiger partial charge in [0.15, 0.2) is 0 Å². The van der Waals surface area contributed by atoms with E-state index in [0.717, 1.165) is 17.3 Å². The van der Waals surface area contributed by atoms with Crippen LogP contribution in [0.5, 0.6) is 0 Å². The molecule has 0 saturated heterocycles. The molecule has 1 aliphatic heterocycles. The second-order valence-corrected chi connectivity index (χ2v) is 5.23. The van der Waals surface area contributed by atoms with Crippen molar-refractivity contribution < 1.29 is 13.6 Å². The van der Waals surface area contributed by atoms with E-state index in [1.807, 2.05) is 4.90 Å². The summed E-state index contributed by atoms with van der Waals surface area (Å²) in [5.74, 6) is -1.85. The van der Waals surface area contributed by atoms with Crippen LogP contribution in [0.2, 0.25) is 0 Å². The number of nitrogens with zero attached hydrogens (tertiary/aromatic N) is 3. The van der Waals surface area contributed by atoms with E-state index < -0.39 is 17.5 Å². The molecule has 114 valence electrons. The highest BCUT2D eigenvalue weighted by Crippen LogP contribution is 2.20. The fraction of sp³-hybridized carbons (Fsp3) is 0.267. The van der Waals surface area contributed by atoms with E-state index in [1.54, 1.807) is 6.20 Å². The highest BCUT2D eigenvalue weighted by atomic mass is 19.1. The van der Waals surface area contributed by atoms with Gasteiger partial charge in [-0.1, -0.05) is 6.07 Å². The summed E-state index contributed by atoms with van der Waals surface area (Å²) in [6.07, 6.45) is 2.31. The Kier molecular flexibility index (Phi) is 3.81. The van der Waals surface area contributed by atoms with Crippen LogP contribution in [0.15, 0.2) is 24.4 Å². The third-order valence-electron chi connectivity index (χ3n) is 3.65. The number of rotatable bonds is 3. The van der Waals surface area contributed by atoms with Crippen molar-refractivity contribution >= 4 is 5.91 Å². The first-order valence-electron chi connectivity index (χ1n) is 6.84. The summed E-state index contributed by atoms with van der Waals surface area (Å²) >= 11 is 0. The Morgan fingerprint density at radius 3 is 2.91 bits per heavy atom. The van der Waals surface area contributed by atoms with Crippen LogP contribution in [-0.4, -0.2) is 27.3 Å². The van der Waals surface area contributed by atoms with Crippen molar-refractivity contribution in [1.82, 2.24) is 14.9 Å². The summed E-state index contributed by atoms with van der Waals surface area (Å²) in [6.45, 7) is 1.53. The lowest BCUT2D eigenvalue weighted by Crippen LogP contribution is -2.32. The third-order valence-corrected chi connectivity index (χ3v) is 3.65. The molecule has 2 heterocycles. The van der Waals surface area contributed by atoms with E-state index >= 15 is 0 Å². The van der Waals surface area contributed by atoms with Gasteiger partial charge in [-0.2, -0.15) is 0 Å².